The highest BCUT2D eigenvalue weighted by molar-refractivity contribution is 5.67. The summed E-state index contributed by atoms with van der Waals surface area (Å²) in [5.74, 6) is 1.02. The minimum absolute atomic E-state index is 0.197. The fourth-order valence-corrected chi connectivity index (χ4v) is 1.62. The van der Waals surface area contributed by atoms with Crippen molar-refractivity contribution < 1.29 is 14.3 Å². The van der Waals surface area contributed by atoms with Crippen LogP contribution in [0.25, 0.3) is 0 Å². The number of carbonyl (C=O) groups excluding carboxylic acids is 1. The molecule has 1 N–H and O–H groups in total. The first-order chi connectivity index (χ1) is 8.81. The normalized spacial score (nSPS) is 12.7. The first-order valence-electron chi connectivity index (χ1n) is 6.42. The van der Waals surface area contributed by atoms with E-state index in [1.807, 2.05) is 52.0 Å². The second-order valence-corrected chi connectivity index (χ2v) is 5.56. The third-order valence-electron chi connectivity index (χ3n) is 2.61. The molecule has 1 rings (SSSR count). The monoisotopic (exact) mass is 265 g/mol. The average Bonchev–Trinajstić information content (AvgIpc) is 2.34. The van der Waals surface area contributed by atoms with Crippen LogP contribution >= 0.6 is 0 Å². The van der Waals surface area contributed by atoms with Crippen LogP contribution in [0.5, 0.6) is 5.75 Å². The predicted octanol–water partition coefficient (Wildman–Crippen LogP) is 3.32. The molecule has 0 aromatic heterocycles. The zero-order valence-electron chi connectivity index (χ0n) is 12.3. The molecule has 4 heteroatoms. The van der Waals surface area contributed by atoms with Gasteiger partial charge in [0.25, 0.3) is 0 Å². The molecule has 106 valence electrons. The maximum Gasteiger partial charge on any atom is 0.407 e. The van der Waals surface area contributed by atoms with Crippen molar-refractivity contribution in [1.29, 1.82) is 0 Å². The topological polar surface area (TPSA) is 47.6 Å². The van der Waals surface area contributed by atoms with Crippen LogP contribution in [0, 0.1) is 0 Å². The first kappa shape index (κ1) is 15.3. The van der Waals surface area contributed by atoms with Gasteiger partial charge in [-0.15, -0.1) is 0 Å². The van der Waals surface area contributed by atoms with Crippen molar-refractivity contribution in [2.45, 2.75) is 39.2 Å². The third kappa shape index (κ3) is 5.64. The summed E-state index contributed by atoms with van der Waals surface area (Å²) in [6.45, 7) is 8.11. The number of hydrogen-bond acceptors (Lipinski definition) is 3. The van der Waals surface area contributed by atoms with Gasteiger partial charge < -0.3 is 14.8 Å². The van der Waals surface area contributed by atoms with E-state index in [9.17, 15) is 4.79 Å². The maximum atomic E-state index is 11.6. The molecule has 0 aliphatic carbocycles. The Kier molecular flexibility index (Phi) is 5.21. The number of nitrogens with one attached hydrogen (secondary N) is 1. The van der Waals surface area contributed by atoms with Gasteiger partial charge in [-0.25, -0.2) is 4.79 Å². The summed E-state index contributed by atoms with van der Waals surface area (Å²) >= 11 is 0. The summed E-state index contributed by atoms with van der Waals surface area (Å²) in [5.41, 5.74) is 0.652. The highest BCUT2D eigenvalue weighted by atomic mass is 16.6. The molecule has 0 radical (unpaired) electrons. The summed E-state index contributed by atoms with van der Waals surface area (Å²) in [6.07, 6.45) is -0.387. The van der Waals surface area contributed by atoms with Gasteiger partial charge in [-0.05, 0) is 44.4 Å². The summed E-state index contributed by atoms with van der Waals surface area (Å²) in [7, 11) is 1.64. The summed E-state index contributed by atoms with van der Waals surface area (Å²) in [4.78, 5) is 11.6. The van der Waals surface area contributed by atoms with Gasteiger partial charge in [0.05, 0.1) is 7.11 Å². The number of amides is 1. The molecule has 0 saturated heterocycles. The van der Waals surface area contributed by atoms with Gasteiger partial charge in [0.2, 0.25) is 0 Å². The third-order valence-corrected chi connectivity index (χ3v) is 2.61. The molecule has 0 fully saturated rings. The zero-order chi connectivity index (χ0) is 14.5. The number of ether oxygens (including phenoxy) is 2. The van der Waals surface area contributed by atoms with Crippen LogP contribution in [0.15, 0.2) is 24.3 Å². The van der Waals surface area contributed by atoms with Crippen LogP contribution in [0.3, 0.4) is 0 Å². The Bertz CT molecular complexity index is 424. The van der Waals surface area contributed by atoms with Gasteiger partial charge >= 0.3 is 6.09 Å². The molecule has 1 unspecified atom stereocenters. The van der Waals surface area contributed by atoms with Crippen LogP contribution in [-0.4, -0.2) is 25.3 Å². The van der Waals surface area contributed by atoms with Gasteiger partial charge in [-0.2, -0.15) is 0 Å². The van der Waals surface area contributed by atoms with Crippen molar-refractivity contribution >= 4 is 6.09 Å². The minimum Gasteiger partial charge on any atom is -0.497 e. The molecular formula is C15H23NO3. The first-order valence-corrected chi connectivity index (χ1v) is 6.42. The number of methoxy groups -OCH3 is 1. The fourth-order valence-electron chi connectivity index (χ4n) is 1.62. The van der Waals surface area contributed by atoms with Crippen LogP contribution < -0.4 is 10.1 Å². The van der Waals surface area contributed by atoms with E-state index in [2.05, 4.69) is 5.32 Å². The van der Waals surface area contributed by atoms with Crippen molar-refractivity contribution in [3.8, 4) is 5.75 Å². The van der Waals surface area contributed by atoms with Gasteiger partial charge in [0.15, 0.2) is 0 Å². The fraction of sp³-hybridized carbons (Fsp3) is 0.533. The van der Waals surface area contributed by atoms with E-state index in [4.69, 9.17) is 9.47 Å². The quantitative estimate of drug-likeness (QED) is 0.908. The smallest absolute Gasteiger partial charge is 0.407 e. The number of benzene rings is 1. The van der Waals surface area contributed by atoms with Gasteiger partial charge in [-0.1, -0.05) is 19.1 Å². The molecule has 19 heavy (non-hydrogen) atoms. The standard InChI is InChI=1S/C15H23NO3/c1-11(10-16-14(17)19-15(2,3)4)12-7-6-8-13(9-12)18-5/h6-9,11H,10H2,1-5H3,(H,16,17). The lowest BCUT2D eigenvalue weighted by molar-refractivity contribution is 0.0525. The number of alkyl carbamates (subject to hydrolysis) is 1. The van der Waals surface area contributed by atoms with Crippen LogP contribution in [0.1, 0.15) is 39.2 Å². The number of hydrogen-bond donors (Lipinski definition) is 1. The van der Waals surface area contributed by atoms with Gasteiger partial charge in [0, 0.05) is 6.54 Å². The highest BCUT2D eigenvalue weighted by Gasteiger charge is 2.16. The molecule has 0 aliphatic rings. The van der Waals surface area contributed by atoms with E-state index in [0.29, 0.717) is 6.54 Å². The molecule has 0 aliphatic heterocycles. The number of rotatable bonds is 4. The van der Waals surface area contributed by atoms with E-state index >= 15 is 0 Å². The summed E-state index contributed by atoms with van der Waals surface area (Å²) in [6, 6.07) is 7.83. The molecule has 1 aromatic rings. The minimum atomic E-state index is -0.469. The second kappa shape index (κ2) is 6.45. The van der Waals surface area contributed by atoms with Crippen LogP contribution in [0.4, 0.5) is 4.79 Å². The molecule has 0 spiro atoms. The van der Waals surface area contributed by atoms with E-state index in [1.54, 1.807) is 7.11 Å². The molecule has 1 amide bonds. The van der Waals surface area contributed by atoms with Crippen LogP contribution in [0.2, 0.25) is 0 Å². The Morgan fingerprint density at radius 1 is 1.37 bits per heavy atom. The zero-order valence-corrected chi connectivity index (χ0v) is 12.3. The van der Waals surface area contributed by atoms with Crippen LogP contribution in [-0.2, 0) is 4.74 Å². The Hall–Kier alpha value is -1.71. The Balaban J connectivity index is 2.51. The summed E-state index contributed by atoms with van der Waals surface area (Å²) in [5, 5.41) is 2.77. The molecule has 0 heterocycles. The largest absolute Gasteiger partial charge is 0.497 e. The molecule has 4 nitrogen and oxygen atoms in total. The molecular weight excluding hydrogens is 242 g/mol. The van der Waals surface area contributed by atoms with E-state index in [1.165, 1.54) is 0 Å². The lowest BCUT2D eigenvalue weighted by Crippen LogP contribution is -2.34. The van der Waals surface area contributed by atoms with Gasteiger partial charge in [0.1, 0.15) is 11.4 Å². The lowest BCUT2D eigenvalue weighted by atomic mass is 10.0. The van der Waals surface area contributed by atoms with Crippen molar-refractivity contribution in [2.24, 2.45) is 0 Å². The van der Waals surface area contributed by atoms with Crippen molar-refractivity contribution in [2.75, 3.05) is 13.7 Å². The SMILES string of the molecule is COc1cccc(C(C)CNC(=O)OC(C)(C)C)c1. The molecule has 1 aromatic carbocycles. The van der Waals surface area contributed by atoms with E-state index in [-0.39, 0.29) is 12.0 Å². The molecule has 0 bridgehead atoms. The molecule has 1 atom stereocenters. The second-order valence-electron chi connectivity index (χ2n) is 5.56. The average molecular weight is 265 g/mol. The van der Waals surface area contributed by atoms with Crippen molar-refractivity contribution in [3.05, 3.63) is 29.8 Å². The van der Waals surface area contributed by atoms with E-state index in [0.717, 1.165) is 11.3 Å². The predicted molar refractivity (Wildman–Crippen MR) is 75.6 cm³/mol. The number of carbonyl (C=O) groups is 1. The summed E-state index contributed by atoms with van der Waals surface area (Å²) < 4.78 is 10.4. The lowest BCUT2D eigenvalue weighted by Gasteiger charge is -2.21. The van der Waals surface area contributed by atoms with Crippen molar-refractivity contribution in [3.63, 3.8) is 0 Å². The maximum absolute atomic E-state index is 11.6. The Morgan fingerprint density at radius 2 is 2.05 bits per heavy atom. The van der Waals surface area contributed by atoms with Gasteiger partial charge in [-0.3, -0.25) is 0 Å². The van der Waals surface area contributed by atoms with E-state index < -0.39 is 5.60 Å². The van der Waals surface area contributed by atoms with Crippen molar-refractivity contribution in [1.82, 2.24) is 5.32 Å². The Labute approximate surface area is 115 Å². The highest BCUT2D eigenvalue weighted by Crippen LogP contribution is 2.20. The molecule has 0 saturated carbocycles. The Morgan fingerprint density at radius 3 is 2.63 bits per heavy atom.